The van der Waals surface area contributed by atoms with E-state index in [9.17, 15) is 4.79 Å². The normalized spacial score (nSPS) is 11.1. The van der Waals surface area contributed by atoms with Crippen molar-refractivity contribution in [1.82, 2.24) is 0 Å². The zero-order valence-electron chi connectivity index (χ0n) is 11.3. The number of hydrogen-bond acceptors (Lipinski definition) is 2. The van der Waals surface area contributed by atoms with Crippen molar-refractivity contribution < 1.29 is 9.53 Å². The molecule has 0 aliphatic rings. The highest BCUT2D eigenvalue weighted by Gasteiger charge is 2.20. The maximum atomic E-state index is 10.7. The number of amides is 2. The number of rotatable bonds is 6. The van der Waals surface area contributed by atoms with Gasteiger partial charge in [0.05, 0.1) is 6.61 Å². The van der Waals surface area contributed by atoms with Crippen LogP contribution in [-0.2, 0) is 0 Å². The summed E-state index contributed by atoms with van der Waals surface area (Å²) in [6.07, 6.45) is 2.18. The fourth-order valence-corrected chi connectivity index (χ4v) is 1.49. The molecule has 100 valence electrons. The molecule has 3 N–H and O–H groups in total. The summed E-state index contributed by atoms with van der Waals surface area (Å²) in [7, 11) is 0. The molecule has 0 bridgehead atoms. The number of urea groups is 1. The molecule has 0 saturated heterocycles. The quantitative estimate of drug-likeness (QED) is 0.812. The van der Waals surface area contributed by atoms with Crippen LogP contribution in [0.2, 0.25) is 0 Å². The fraction of sp³-hybridized carbons (Fsp3) is 0.500. The van der Waals surface area contributed by atoms with Gasteiger partial charge < -0.3 is 15.8 Å². The van der Waals surface area contributed by atoms with E-state index in [4.69, 9.17) is 10.5 Å². The number of ether oxygens (including phenoxy) is 1. The Morgan fingerprint density at radius 1 is 1.28 bits per heavy atom. The maximum Gasteiger partial charge on any atom is 0.316 e. The number of nitrogens with two attached hydrogens (primary N) is 1. The van der Waals surface area contributed by atoms with E-state index >= 15 is 0 Å². The summed E-state index contributed by atoms with van der Waals surface area (Å²) >= 11 is 0. The Kier molecular flexibility index (Phi) is 5.01. The Balaban J connectivity index is 2.56. The Morgan fingerprint density at radius 2 is 1.83 bits per heavy atom. The molecule has 1 rings (SSSR count). The molecule has 0 atom stereocenters. The first-order valence-electron chi connectivity index (χ1n) is 6.28. The standard InChI is InChI=1S/C14H22N2O2/c1-4-14(3,5-2)10-18-12-8-6-11(7-9-12)16-13(15)17/h6-9H,4-5,10H2,1-3H3,(H3,15,16,17). The van der Waals surface area contributed by atoms with E-state index in [1.165, 1.54) is 0 Å². The van der Waals surface area contributed by atoms with E-state index in [-0.39, 0.29) is 5.41 Å². The molecule has 0 saturated carbocycles. The molecule has 4 nitrogen and oxygen atoms in total. The van der Waals surface area contributed by atoms with Crippen molar-refractivity contribution >= 4 is 11.7 Å². The third kappa shape index (κ3) is 4.28. The van der Waals surface area contributed by atoms with Crippen LogP contribution >= 0.6 is 0 Å². The van der Waals surface area contributed by atoms with Crippen molar-refractivity contribution in [1.29, 1.82) is 0 Å². The first-order valence-corrected chi connectivity index (χ1v) is 6.28. The van der Waals surface area contributed by atoms with Crippen molar-refractivity contribution in [3.8, 4) is 5.75 Å². The summed E-state index contributed by atoms with van der Waals surface area (Å²) < 4.78 is 5.77. The lowest BCUT2D eigenvalue weighted by Crippen LogP contribution is -2.23. The number of hydrogen-bond donors (Lipinski definition) is 2. The number of benzene rings is 1. The Hall–Kier alpha value is -1.71. The Morgan fingerprint density at radius 3 is 2.28 bits per heavy atom. The van der Waals surface area contributed by atoms with Crippen LogP contribution in [0.1, 0.15) is 33.6 Å². The van der Waals surface area contributed by atoms with E-state index < -0.39 is 6.03 Å². The van der Waals surface area contributed by atoms with Crippen molar-refractivity contribution in [2.24, 2.45) is 11.1 Å². The number of carbonyl (C=O) groups is 1. The molecular formula is C14H22N2O2. The van der Waals surface area contributed by atoms with Gasteiger partial charge in [-0.25, -0.2) is 4.79 Å². The molecule has 0 radical (unpaired) electrons. The van der Waals surface area contributed by atoms with Gasteiger partial charge in [0, 0.05) is 11.1 Å². The third-order valence-electron chi connectivity index (χ3n) is 3.42. The second kappa shape index (κ2) is 6.28. The highest BCUT2D eigenvalue weighted by atomic mass is 16.5. The van der Waals surface area contributed by atoms with Gasteiger partial charge in [-0.2, -0.15) is 0 Å². The summed E-state index contributed by atoms with van der Waals surface area (Å²) in [5.74, 6) is 0.804. The molecule has 0 heterocycles. The van der Waals surface area contributed by atoms with Gasteiger partial charge in [-0.1, -0.05) is 20.8 Å². The average Bonchev–Trinajstić information content (AvgIpc) is 2.37. The van der Waals surface area contributed by atoms with Gasteiger partial charge >= 0.3 is 6.03 Å². The fourth-order valence-electron chi connectivity index (χ4n) is 1.49. The second-order valence-electron chi connectivity index (χ2n) is 4.82. The SMILES string of the molecule is CCC(C)(CC)COc1ccc(NC(N)=O)cc1. The highest BCUT2D eigenvalue weighted by Crippen LogP contribution is 2.27. The van der Waals surface area contributed by atoms with Crippen molar-refractivity contribution in [2.75, 3.05) is 11.9 Å². The molecule has 18 heavy (non-hydrogen) atoms. The first kappa shape index (κ1) is 14.4. The molecule has 0 fully saturated rings. The lowest BCUT2D eigenvalue weighted by Gasteiger charge is -2.26. The highest BCUT2D eigenvalue weighted by molar-refractivity contribution is 5.87. The largest absolute Gasteiger partial charge is 0.493 e. The van der Waals surface area contributed by atoms with Crippen LogP contribution in [0.25, 0.3) is 0 Å². The summed E-state index contributed by atoms with van der Waals surface area (Å²) in [6, 6.07) is 6.65. The van der Waals surface area contributed by atoms with Crippen LogP contribution in [0.3, 0.4) is 0 Å². The van der Waals surface area contributed by atoms with Gasteiger partial charge in [-0.05, 0) is 37.1 Å². The Labute approximate surface area is 109 Å². The van der Waals surface area contributed by atoms with Crippen LogP contribution in [0, 0.1) is 5.41 Å². The third-order valence-corrected chi connectivity index (χ3v) is 3.42. The van der Waals surface area contributed by atoms with Gasteiger partial charge in [0.25, 0.3) is 0 Å². The first-order chi connectivity index (χ1) is 8.49. The lowest BCUT2D eigenvalue weighted by atomic mass is 9.86. The number of anilines is 1. The molecule has 0 aliphatic heterocycles. The van der Waals surface area contributed by atoms with Gasteiger partial charge in [0.1, 0.15) is 5.75 Å². The van der Waals surface area contributed by atoms with Gasteiger partial charge in [-0.3, -0.25) is 0 Å². The average molecular weight is 250 g/mol. The van der Waals surface area contributed by atoms with E-state index in [1.807, 2.05) is 12.1 Å². The molecule has 2 amide bonds. The van der Waals surface area contributed by atoms with Crippen LogP contribution in [0.4, 0.5) is 10.5 Å². The number of nitrogens with one attached hydrogen (secondary N) is 1. The molecule has 0 aromatic heterocycles. The smallest absolute Gasteiger partial charge is 0.316 e. The van der Waals surface area contributed by atoms with Crippen LogP contribution in [-0.4, -0.2) is 12.6 Å². The minimum Gasteiger partial charge on any atom is -0.493 e. The van der Waals surface area contributed by atoms with Crippen LogP contribution in [0.5, 0.6) is 5.75 Å². The topological polar surface area (TPSA) is 64.3 Å². The lowest BCUT2D eigenvalue weighted by molar-refractivity contribution is 0.152. The zero-order valence-corrected chi connectivity index (χ0v) is 11.3. The molecular weight excluding hydrogens is 228 g/mol. The zero-order chi connectivity index (χ0) is 13.6. The molecule has 0 unspecified atom stereocenters. The molecule has 0 spiro atoms. The monoisotopic (exact) mass is 250 g/mol. The maximum absolute atomic E-state index is 10.7. The van der Waals surface area contributed by atoms with E-state index in [1.54, 1.807) is 12.1 Å². The van der Waals surface area contributed by atoms with E-state index in [2.05, 4.69) is 26.1 Å². The summed E-state index contributed by atoms with van der Waals surface area (Å²) in [4.78, 5) is 10.7. The molecule has 1 aromatic rings. The summed E-state index contributed by atoms with van der Waals surface area (Å²) in [5, 5.41) is 2.51. The predicted octanol–water partition coefficient (Wildman–Crippen LogP) is 3.38. The van der Waals surface area contributed by atoms with Crippen molar-refractivity contribution in [3.63, 3.8) is 0 Å². The van der Waals surface area contributed by atoms with Gasteiger partial charge in [0.2, 0.25) is 0 Å². The minimum absolute atomic E-state index is 0.212. The number of carbonyl (C=O) groups excluding carboxylic acids is 1. The minimum atomic E-state index is -0.562. The summed E-state index contributed by atoms with van der Waals surface area (Å²) in [6.45, 7) is 7.26. The van der Waals surface area contributed by atoms with Gasteiger partial charge in [0.15, 0.2) is 0 Å². The van der Waals surface area contributed by atoms with Gasteiger partial charge in [-0.15, -0.1) is 0 Å². The number of primary amides is 1. The second-order valence-corrected chi connectivity index (χ2v) is 4.82. The van der Waals surface area contributed by atoms with E-state index in [0.29, 0.717) is 12.3 Å². The van der Waals surface area contributed by atoms with Crippen LogP contribution in [0.15, 0.2) is 24.3 Å². The van der Waals surface area contributed by atoms with Crippen molar-refractivity contribution in [2.45, 2.75) is 33.6 Å². The molecule has 1 aromatic carbocycles. The van der Waals surface area contributed by atoms with E-state index in [0.717, 1.165) is 18.6 Å². The molecule has 4 heteroatoms. The summed E-state index contributed by atoms with van der Waals surface area (Å²) in [5.41, 5.74) is 5.92. The van der Waals surface area contributed by atoms with Crippen molar-refractivity contribution in [3.05, 3.63) is 24.3 Å². The molecule has 0 aliphatic carbocycles. The Bertz CT molecular complexity index is 383. The van der Waals surface area contributed by atoms with Crippen LogP contribution < -0.4 is 15.8 Å². The predicted molar refractivity (Wildman–Crippen MR) is 73.8 cm³/mol.